The molecule has 1 saturated carbocycles. The Morgan fingerprint density at radius 1 is 1.17 bits per heavy atom. The van der Waals surface area contributed by atoms with E-state index in [0.717, 1.165) is 23.9 Å². The van der Waals surface area contributed by atoms with Crippen molar-refractivity contribution < 1.29 is 4.79 Å². The second kappa shape index (κ2) is 7.82. The Morgan fingerprint density at radius 2 is 1.93 bits per heavy atom. The number of carbonyl (C=O) groups excluding carboxylic acids is 1. The van der Waals surface area contributed by atoms with Gasteiger partial charge >= 0.3 is 0 Å². The Labute approximate surface area is 176 Å². The number of H-pyrrole nitrogens is 1. The molecule has 0 spiro atoms. The number of rotatable bonds is 6. The molecule has 5 heteroatoms. The number of carbonyl (C=O) groups is 1. The van der Waals surface area contributed by atoms with Crippen molar-refractivity contribution in [3.05, 3.63) is 89.4 Å². The first-order chi connectivity index (χ1) is 14.7. The van der Waals surface area contributed by atoms with Crippen molar-refractivity contribution in [2.45, 2.75) is 31.1 Å². The number of nitrogens with one attached hydrogen (secondary N) is 2. The van der Waals surface area contributed by atoms with Gasteiger partial charge in [0.25, 0.3) is 5.91 Å². The van der Waals surface area contributed by atoms with Gasteiger partial charge in [-0.05, 0) is 36.0 Å². The van der Waals surface area contributed by atoms with E-state index in [-0.39, 0.29) is 11.8 Å². The molecule has 0 aliphatic heterocycles. The van der Waals surface area contributed by atoms with Crippen LogP contribution in [0.5, 0.6) is 0 Å². The van der Waals surface area contributed by atoms with Gasteiger partial charge in [0.15, 0.2) is 0 Å². The Bertz CT molecular complexity index is 1170. The molecule has 2 heterocycles. The normalized spacial score (nSPS) is 15.1. The van der Waals surface area contributed by atoms with E-state index in [1.54, 1.807) is 4.68 Å². The van der Waals surface area contributed by atoms with Crippen molar-refractivity contribution in [1.82, 2.24) is 20.1 Å². The second-order valence-electron chi connectivity index (χ2n) is 8.16. The molecular weight excluding hydrogens is 372 g/mol. The highest BCUT2D eigenvalue weighted by Gasteiger charge is 2.28. The molecule has 152 valence electrons. The average molecular weight is 399 g/mol. The maximum atomic E-state index is 13.2. The summed E-state index contributed by atoms with van der Waals surface area (Å²) in [7, 11) is 1.85. The quantitative estimate of drug-likeness (QED) is 0.493. The molecule has 5 rings (SSSR count). The van der Waals surface area contributed by atoms with Crippen LogP contribution in [0.2, 0.25) is 0 Å². The Balaban J connectivity index is 1.44. The molecule has 2 aromatic heterocycles. The largest absolute Gasteiger partial charge is 0.361 e. The Kier molecular flexibility index (Phi) is 4.87. The average Bonchev–Trinajstić information content (AvgIpc) is 3.32. The summed E-state index contributed by atoms with van der Waals surface area (Å²) in [6, 6.07) is 18.7. The van der Waals surface area contributed by atoms with Crippen molar-refractivity contribution in [2.75, 3.05) is 6.54 Å². The first-order valence-electron chi connectivity index (χ1n) is 10.6. The predicted molar refractivity (Wildman–Crippen MR) is 119 cm³/mol. The highest BCUT2D eigenvalue weighted by molar-refractivity contribution is 5.94. The number of hydrogen-bond acceptors (Lipinski definition) is 2. The molecule has 0 saturated heterocycles. The zero-order valence-corrected chi connectivity index (χ0v) is 17.1. The summed E-state index contributed by atoms with van der Waals surface area (Å²) in [5, 5.41) is 8.77. The van der Waals surface area contributed by atoms with Gasteiger partial charge < -0.3 is 10.3 Å². The van der Waals surface area contributed by atoms with Crippen LogP contribution < -0.4 is 5.32 Å². The SMILES string of the molecule is Cn1ncc(C2CCC2)c1C(=O)NCC(c1ccccc1)c1c[nH]c2ccccc12. The molecule has 1 unspecified atom stereocenters. The van der Waals surface area contributed by atoms with Gasteiger partial charge in [-0.15, -0.1) is 0 Å². The van der Waals surface area contributed by atoms with Crippen LogP contribution in [0.15, 0.2) is 67.0 Å². The van der Waals surface area contributed by atoms with Crippen LogP contribution in [-0.2, 0) is 7.05 Å². The number of para-hydroxylation sites is 1. The third kappa shape index (κ3) is 3.30. The molecule has 1 aliphatic carbocycles. The number of aromatic nitrogens is 3. The smallest absolute Gasteiger partial charge is 0.269 e. The standard InChI is InChI=1S/C25H26N4O/c1-29-24(21(16-28-29)18-10-7-11-18)25(30)27-14-20(17-8-3-2-4-9-17)22-15-26-23-13-6-5-12-19(22)23/h2-6,8-9,12-13,15-16,18,20,26H,7,10-11,14H2,1H3,(H,27,30). The number of hydrogen-bond donors (Lipinski definition) is 2. The van der Waals surface area contributed by atoms with Crippen LogP contribution in [0.3, 0.4) is 0 Å². The summed E-state index contributed by atoms with van der Waals surface area (Å²) in [5.74, 6) is 0.488. The third-order valence-corrected chi connectivity index (χ3v) is 6.39. The number of aromatic amines is 1. The summed E-state index contributed by atoms with van der Waals surface area (Å²) >= 11 is 0. The van der Waals surface area contributed by atoms with Crippen LogP contribution >= 0.6 is 0 Å². The summed E-state index contributed by atoms with van der Waals surface area (Å²) in [6.45, 7) is 0.528. The van der Waals surface area contributed by atoms with Crippen molar-refractivity contribution >= 4 is 16.8 Å². The van der Waals surface area contributed by atoms with E-state index in [0.29, 0.717) is 18.2 Å². The molecular formula is C25H26N4O. The molecule has 2 N–H and O–H groups in total. The van der Waals surface area contributed by atoms with E-state index in [4.69, 9.17) is 0 Å². The van der Waals surface area contributed by atoms with Gasteiger partial charge in [-0.3, -0.25) is 9.48 Å². The molecule has 5 nitrogen and oxygen atoms in total. The maximum absolute atomic E-state index is 13.2. The fourth-order valence-electron chi connectivity index (χ4n) is 4.50. The predicted octanol–water partition coefficient (Wildman–Crippen LogP) is 4.73. The lowest BCUT2D eigenvalue weighted by atomic mass is 9.80. The van der Waals surface area contributed by atoms with E-state index in [2.05, 4.69) is 64.1 Å². The van der Waals surface area contributed by atoms with Gasteiger partial charge in [0, 0.05) is 42.2 Å². The summed E-state index contributed by atoms with van der Waals surface area (Å²) in [4.78, 5) is 16.6. The van der Waals surface area contributed by atoms with Crippen molar-refractivity contribution in [3.8, 4) is 0 Å². The summed E-state index contributed by atoms with van der Waals surface area (Å²) in [5.41, 5.74) is 5.28. The third-order valence-electron chi connectivity index (χ3n) is 6.39. The van der Waals surface area contributed by atoms with Gasteiger partial charge in [-0.25, -0.2) is 0 Å². The molecule has 2 aromatic carbocycles. The Hall–Kier alpha value is -3.34. The Morgan fingerprint density at radius 3 is 2.70 bits per heavy atom. The van der Waals surface area contributed by atoms with Gasteiger partial charge in [-0.2, -0.15) is 5.10 Å². The maximum Gasteiger partial charge on any atom is 0.269 e. The highest BCUT2D eigenvalue weighted by atomic mass is 16.2. The van der Waals surface area contributed by atoms with Crippen LogP contribution in [-0.4, -0.2) is 27.2 Å². The van der Waals surface area contributed by atoms with E-state index < -0.39 is 0 Å². The minimum absolute atomic E-state index is 0.0438. The summed E-state index contributed by atoms with van der Waals surface area (Å²) < 4.78 is 1.71. The lowest BCUT2D eigenvalue weighted by Crippen LogP contribution is -2.31. The van der Waals surface area contributed by atoms with E-state index in [1.807, 2.05) is 25.4 Å². The van der Waals surface area contributed by atoms with E-state index in [1.165, 1.54) is 22.9 Å². The first kappa shape index (κ1) is 18.7. The topological polar surface area (TPSA) is 62.7 Å². The van der Waals surface area contributed by atoms with E-state index >= 15 is 0 Å². The van der Waals surface area contributed by atoms with Crippen molar-refractivity contribution in [2.24, 2.45) is 7.05 Å². The number of aryl methyl sites for hydroxylation is 1. The molecule has 1 amide bonds. The monoisotopic (exact) mass is 398 g/mol. The molecule has 0 bridgehead atoms. The zero-order valence-electron chi connectivity index (χ0n) is 17.1. The zero-order chi connectivity index (χ0) is 20.5. The molecule has 30 heavy (non-hydrogen) atoms. The summed E-state index contributed by atoms with van der Waals surface area (Å²) in [6.07, 6.45) is 7.46. The highest BCUT2D eigenvalue weighted by Crippen LogP contribution is 2.38. The fourth-order valence-corrected chi connectivity index (χ4v) is 4.50. The molecule has 1 fully saturated rings. The molecule has 0 radical (unpaired) electrons. The fraction of sp³-hybridized carbons (Fsp3) is 0.280. The van der Waals surface area contributed by atoms with Crippen LogP contribution in [0.1, 0.15) is 58.3 Å². The van der Waals surface area contributed by atoms with Crippen molar-refractivity contribution in [3.63, 3.8) is 0 Å². The van der Waals surface area contributed by atoms with E-state index in [9.17, 15) is 4.79 Å². The number of fused-ring (bicyclic) bond motifs is 1. The van der Waals surface area contributed by atoms with Gasteiger partial charge in [0.1, 0.15) is 5.69 Å². The van der Waals surface area contributed by atoms with Gasteiger partial charge in [-0.1, -0.05) is 55.0 Å². The number of nitrogens with zero attached hydrogens (tertiary/aromatic N) is 2. The minimum atomic E-state index is -0.0438. The van der Waals surface area contributed by atoms with Crippen LogP contribution in [0, 0.1) is 0 Å². The van der Waals surface area contributed by atoms with Gasteiger partial charge in [0.05, 0.1) is 6.20 Å². The first-order valence-corrected chi connectivity index (χ1v) is 10.6. The van der Waals surface area contributed by atoms with Crippen LogP contribution in [0.25, 0.3) is 10.9 Å². The second-order valence-corrected chi connectivity index (χ2v) is 8.16. The molecule has 4 aromatic rings. The van der Waals surface area contributed by atoms with Gasteiger partial charge in [0.2, 0.25) is 0 Å². The lowest BCUT2D eigenvalue weighted by molar-refractivity contribution is 0.0941. The number of amides is 1. The molecule has 1 atom stereocenters. The number of benzene rings is 2. The molecule has 1 aliphatic rings. The minimum Gasteiger partial charge on any atom is -0.361 e. The lowest BCUT2D eigenvalue weighted by Gasteiger charge is -2.25. The van der Waals surface area contributed by atoms with Crippen molar-refractivity contribution in [1.29, 1.82) is 0 Å². The van der Waals surface area contributed by atoms with Crippen LogP contribution in [0.4, 0.5) is 0 Å².